The molecule has 1 aromatic heterocycles. The molecule has 3 aromatic rings. The largest absolute Gasteiger partial charge is 0.453 e. The molecule has 22 heavy (non-hydrogen) atoms. The van der Waals surface area contributed by atoms with Gasteiger partial charge in [0.1, 0.15) is 5.58 Å². The lowest BCUT2D eigenvalue weighted by atomic mass is 10.0. The molecule has 0 atom stereocenters. The standard InChI is InChI=1S/C17H11F3O2/c1-10-14-6-5-12(8-15(14)22-16(10)9-21)11-3-2-4-13(7-11)17(18,19)20/h2-9H,1H3. The number of hydrogen-bond donors (Lipinski definition) is 0. The molecule has 0 amide bonds. The van der Waals surface area contributed by atoms with Crippen LogP contribution >= 0.6 is 0 Å². The second-order valence-corrected chi connectivity index (χ2v) is 5.00. The lowest BCUT2D eigenvalue weighted by molar-refractivity contribution is -0.137. The summed E-state index contributed by atoms with van der Waals surface area (Å²) in [4.78, 5) is 10.9. The summed E-state index contributed by atoms with van der Waals surface area (Å²) in [6.07, 6.45) is -3.76. The molecule has 0 fully saturated rings. The van der Waals surface area contributed by atoms with Crippen molar-refractivity contribution >= 4 is 17.3 Å². The van der Waals surface area contributed by atoms with Crippen LogP contribution in [0.5, 0.6) is 0 Å². The van der Waals surface area contributed by atoms with E-state index in [9.17, 15) is 18.0 Å². The van der Waals surface area contributed by atoms with Gasteiger partial charge in [0.25, 0.3) is 0 Å². The maximum absolute atomic E-state index is 12.8. The fourth-order valence-electron chi connectivity index (χ4n) is 2.41. The molecule has 112 valence electrons. The van der Waals surface area contributed by atoms with E-state index in [4.69, 9.17) is 4.42 Å². The summed E-state index contributed by atoms with van der Waals surface area (Å²) < 4.78 is 43.8. The Morgan fingerprint density at radius 3 is 2.45 bits per heavy atom. The monoisotopic (exact) mass is 304 g/mol. The summed E-state index contributed by atoms with van der Waals surface area (Å²) >= 11 is 0. The van der Waals surface area contributed by atoms with Crippen molar-refractivity contribution in [3.63, 3.8) is 0 Å². The third kappa shape index (κ3) is 2.39. The van der Waals surface area contributed by atoms with E-state index in [1.165, 1.54) is 6.07 Å². The number of aryl methyl sites for hydroxylation is 1. The minimum absolute atomic E-state index is 0.233. The number of hydrogen-bond acceptors (Lipinski definition) is 2. The van der Waals surface area contributed by atoms with Gasteiger partial charge in [0, 0.05) is 10.9 Å². The van der Waals surface area contributed by atoms with Crippen LogP contribution in [0, 0.1) is 6.92 Å². The number of alkyl halides is 3. The van der Waals surface area contributed by atoms with E-state index in [1.807, 2.05) is 0 Å². The van der Waals surface area contributed by atoms with Gasteiger partial charge in [-0.3, -0.25) is 4.79 Å². The average Bonchev–Trinajstić information content (AvgIpc) is 2.82. The van der Waals surface area contributed by atoms with Crippen LogP contribution in [0.3, 0.4) is 0 Å². The number of furan rings is 1. The maximum atomic E-state index is 12.8. The fourth-order valence-corrected chi connectivity index (χ4v) is 2.41. The Balaban J connectivity index is 2.13. The number of carbonyl (C=O) groups excluding carboxylic acids is 1. The van der Waals surface area contributed by atoms with Gasteiger partial charge in [-0.25, -0.2) is 0 Å². The number of benzene rings is 2. The zero-order valence-electron chi connectivity index (χ0n) is 11.6. The molecule has 0 aliphatic rings. The number of aldehydes is 1. The molecule has 0 saturated heterocycles. The van der Waals surface area contributed by atoms with Crippen LogP contribution < -0.4 is 0 Å². The third-order valence-electron chi connectivity index (χ3n) is 3.61. The van der Waals surface area contributed by atoms with Gasteiger partial charge in [0.15, 0.2) is 12.0 Å². The van der Waals surface area contributed by atoms with Crippen molar-refractivity contribution in [3.05, 3.63) is 59.4 Å². The van der Waals surface area contributed by atoms with E-state index in [0.717, 1.165) is 23.1 Å². The Kier molecular flexibility index (Phi) is 3.28. The van der Waals surface area contributed by atoms with Gasteiger partial charge in [0.05, 0.1) is 5.56 Å². The van der Waals surface area contributed by atoms with Crippen LogP contribution in [-0.2, 0) is 6.18 Å². The number of rotatable bonds is 2. The molecule has 3 rings (SSSR count). The second kappa shape index (κ2) is 5.02. The Bertz CT molecular complexity index is 860. The highest BCUT2D eigenvalue weighted by Crippen LogP contribution is 2.34. The highest BCUT2D eigenvalue weighted by atomic mass is 19.4. The maximum Gasteiger partial charge on any atom is 0.416 e. The van der Waals surface area contributed by atoms with E-state index in [0.29, 0.717) is 23.0 Å². The minimum Gasteiger partial charge on any atom is -0.453 e. The molecule has 0 spiro atoms. The zero-order valence-corrected chi connectivity index (χ0v) is 11.6. The van der Waals surface area contributed by atoms with Crippen molar-refractivity contribution in [3.8, 4) is 11.1 Å². The average molecular weight is 304 g/mol. The predicted molar refractivity (Wildman–Crippen MR) is 76.8 cm³/mol. The predicted octanol–water partition coefficient (Wildman–Crippen LogP) is 5.24. The van der Waals surface area contributed by atoms with Crippen LogP contribution in [0.15, 0.2) is 46.9 Å². The van der Waals surface area contributed by atoms with E-state index in [1.54, 1.807) is 31.2 Å². The SMILES string of the molecule is Cc1c(C=O)oc2cc(-c3cccc(C(F)(F)F)c3)ccc12. The fraction of sp³-hybridized carbons (Fsp3) is 0.118. The lowest BCUT2D eigenvalue weighted by Gasteiger charge is -2.08. The first-order valence-corrected chi connectivity index (χ1v) is 6.56. The van der Waals surface area contributed by atoms with E-state index in [2.05, 4.69) is 0 Å². The molecule has 0 aliphatic heterocycles. The third-order valence-corrected chi connectivity index (χ3v) is 3.61. The van der Waals surface area contributed by atoms with Gasteiger partial charge >= 0.3 is 6.18 Å². The minimum atomic E-state index is -4.38. The Morgan fingerprint density at radius 1 is 1.05 bits per heavy atom. The molecule has 0 unspecified atom stereocenters. The highest BCUT2D eigenvalue weighted by Gasteiger charge is 2.30. The van der Waals surface area contributed by atoms with Crippen molar-refractivity contribution in [2.45, 2.75) is 13.1 Å². The molecule has 1 heterocycles. The number of halogens is 3. The van der Waals surface area contributed by atoms with Gasteiger partial charge in [-0.15, -0.1) is 0 Å². The summed E-state index contributed by atoms with van der Waals surface area (Å²) in [6.45, 7) is 1.76. The first-order chi connectivity index (χ1) is 10.4. The molecule has 0 aliphatic carbocycles. The van der Waals surface area contributed by atoms with Crippen molar-refractivity contribution in [2.75, 3.05) is 0 Å². The van der Waals surface area contributed by atoms with Crippen molar-refractivity contribution in [2.24, 2.45) is 0 Å². The van der Waals surface area contributed by atoms with Gasteiger partial charge in [-0.1, -0.05) is 24.3 Å². The van der Waals surface area contributed by atoms with Crippen molar-refractivity contribution in [1.82, 2.24) is 0 Å². The Labute approximate surface area is 124 Å². The van der Waals surface area contributed by atoms with Crippen LogP contribution in [0.4, 0.5) is 13.2 Å². The summed E-state index contributed by atoms with van der Waals surface area (Å²) in [5.74, 6) is 0.233. The molecular formula is C17H11F3O2. The first-order valence-electron chi connectivity index (χ1n) is 6.56. The van der Waals surface area contributed by atoms with E-state index in [-0.39, 0.29) is 5.76 Å². The first kappa shape index (κ1) is 14.4. The summed E-state index contributed by atoms with van der Waals surface area (Å²) in [6, 6.07) is 10.2. The van der Waals surface area contributed by atoms with E-state index >= 15 is 0 Å². The van der Waals surface area contributed by atoms with Crippen LogP contribution in [0.25, 0.3) is 22.1 Å². The normalized spacial score (nSPS) is 11.8. The molecule has 2 nitrogen and oxygen atoms in total. The highest BCUT2D eigenvalue weighted by molar-refractivity contribution is 5.91. The zero-order chi connectivity index (χ0) is 15.9. The Hall–Kier alpha value is -2.56. The number of fused-ring (bicyclic) bond motifs is 1. The van der Waals surface area contributed by atoms with E-state index < -0.39 is 11.7 Å². The topological polar surface area (TPSA) is 30.2 Å². The van der Waals surface area contributed by atoms with Crippen molar-refractivity contribution < 1.29 is 22.4 Å². The molecule has 0 N–H and O–H groups in total. The molecule has 0 saturated carbocycles. The molecule has 0 radical (unpaired) electrons. The van der Waals surface area contributed by atoms with Gasteiger partial charge in [0.2, 0.25) is 0 Å². The molecule has 2 aromatic carbocycles. The van der Waals surface area contributed by atoms with Gasteiger partial charge < -0.3 is 4.42 Å². The van der Waals surface area contributed by atoms with Crippen LogP contribution in [0.2, 0.25) is 0 Å². The molecule has 5 heteroatoms. The second-order valence-electron chi connectivity index (χ2n) is 5.00. The van der Waals surface area contributed by atoms with Gasteiger partial charge in [-0.2, -0.15) is 13.2 Å². The van der Waals surface area contributed by atoms with Crippen LogP contribution in [0.1, 0.15) is 21.7 Å². The molecule has 0 bridgehead atoms. The lowest BCUT2D eigenvalue weighted by Crippen LogP contribution is -2.04. The summed E-state index contributed by atoms with van der Waals surface area (Å²) in [5, 5.41) is 0.776. The summed E-state index contributed by atoms with van der Waals surface area (Å²) in [7, 11) is 0. The smallest absolute Gasteiger partial charge is 0.416 e. The summed E-state index contributed by atoms with van der Waals surface area (Å²) in [5.41, 5.74) is 1.55. The molecular weight excluding hydrogens is 293 g/mol. The Morgan fingerprint density at radius 2 is 1.77 bits per heavy atom. The van der Waals surface area contributed by atoms with Crippen molar-refractivity contribution in [1.29, 1.82) is 0 Å². The van der Waals surface area contributed by atoms with Gasteiger partial charge in [-0.05, 0) is 36.2 Å². The number of carbonyl (C=O) groups is 1. The quantitative estimate of drug-likeness (QED) is 0.606. The van der Waals surface area contributed by atoms with Crippen LogP contribution in [-0.4, -0.2) is 6.29 Å².